The van der Waals surface area contributed by atoms with Crippen LogP contribution in [0, 0.1) is 6.92 Å². The molecule has 1 aromatic carbocycles. The number of nitrogens with zero attached hydrogens (tertiary/aromatic N) is 3. The quantitative estimate of drug-likeness (QED) is 0.850. The molecule has 7 heteroatoms. The molecule has 0 aliphatic carbocycles. The van der Waals surface area contributed by atoms with E-state index in [2.05, 4.69) is 20.9 Å². The maximum Gasteiger partial charge on any atom is 0.197 e. The van der Waals surface area contributed by atoms with E-state index in [1.54, 1.807) is 5.51 Å². The van der Waals surface area contributed by atoms with Crippen molar-refractivity contribution in [3.8, 4) is 5.06 Å². The zero-order valence-electron chi connectivity index (χ0n) is 13.7. The fourth-order valence-corrected chi connectivity index (χ4v) is 3.66. The minimum atomic E-state index is -0.496. The molecule has 0 amide bonds. The number of ether oxygens (including phenoxy) is 1. The molecule has 3 rings (SSSR count). The van der Waals surface area contributed by atoms with E-state index < -0.39 is 6.10 Å². The molecule has 0 radical (unpaired) electrons. The minimum Gasteiger partial charge on any atom is -0.480 e. The van der Waals surface area contributed by atoms with Crippen molar-refractivity contribution in [1.29, 1.82) is 0 Å². The van der Waals surface area contributed by atoms with Gasteiger partial charge in [-0.25, -0.2) is 4.98 Å². The molecule has 5 nitrogen and oxygen atoms in total. The standard InChI is InChI=1S/C17H22ClN3O2S/c1-13-17(24-12-19-13)23-11-16(22)10-20-5-7-21(8-6-20)15-4-2-3-14(18)9-15/h2-4,9,12,16,22H,5-8,10-11H2,1H3. The number of aromatic nitrogens is 1. The number of β-amino-alcohol motifs (C(OH)–C–C–N with tert-alkyl or cyclic N) is 1. The highest BCUT2D eigenvalue weighted by Gasteiger charge is 2.20. The van der Waals surface area contributed by atoms with Gasteiger partial charge in [0.15, 0.2) is 5.06 Å². The van der Waals surface area contributed by atoms with Gasteiger partial charge in [0.05, 0.1) is 11.2 Å². The highest BCUT2D eigenvalue weighted by molar-refractivity contribution is 7.11. The molecule has 1 aromatic heterocycles. The van der Waals surface area contributed by atoms with Crippen LogP contribution in [0.5, 0.6) is 5.06 Å². The molecule has 24 heavy (non-hydrogen) atoms. The molecule has 1 atom stereocenters. The first-order valence-corrected chi connectivity index (χ1v) is 9.31. The van der Waals surface area contributed by atoms with E-state index in [1.807, 2.05) is 25.1 Å². The summed E-state index contributed by atoms with van der Waals surface area (Å²) >= 11 is 7.52. The number of aliphatic hydroxyl groups excluding tert-OH is 1. The Morgan fingerprint density at radius 3 is 2.79 bits per heavy atom. The summed E-state index contributed by atoms with van der Waals surface area (Å²) in [6, 6.07) is 7.95. The van der Waals surface area contributed by atoms with Crippen LogP contribution in [0.3, 0.4) is 0 Å². The molecule has 1 aliphatic rings. The van der Waals surface area contributed by atoms with Crippen LogP contribution in [-0.4, -0.2) is 60.4 Å². The monoisotopic (exact) mass is 367 g/mol. The summed E-state index contributed by atoms with van der Waals surface area (Å²) in [6.45, 7) is 6.54. The van der Waals surface area contributed by atoms with Crippen molar-refractivity contribution in [3.05, 3.63) is 40.5 Å². The number of benzene rings is 1. The van der Waals surface area contributed by atoms with Crippen molar-refractivity contribution in [3.63, 3.8) is 0 Å². The van der Waals surface area contributed by atoms with Crippen LogP contribution in [0.25, 0.3) is 0 Å². The molecule has 1 N–H and O–H groups in total. The molecule has 0 bridgehead atoms. The third-order valence-electron chi connectivity index (χ3n) is 4.12. The predicted octanol–water partition coefficient (Wildman–Crippen LogP) is 2.67. The molecule has 1 saturated heterocycles. The predicted molar refractivity (Wildman–Crippen MR) is 98.5 cm³/mol. The van der Waals surface area contributed by atoms with Crippen LogP contribution in [0.4, 0.5) is 5.69 Å². The summed E-state index contributed by atoms with van der Waals surface area (Å²) in [5.41, 5.74) is 3.79. The van der Waals surface area contributed by atoms with E-state index in [0.717, 1.165) is 47.6 Å². The molecule has 1 aliphatic heterocycles. The lowest BCUT2D eigenvalue weighted by molar-refractivity contribution is 0.0673. The third-order valence-corrected chi connectivity index (χ3v) is 5.20. The van der Waals surface area contributed by atoms with Crippen molar-refractivity contribution in [1.82, 2.24) is 9.88 Å². The summed E-state index contributed by atoms with van der Waals surface area (Å²) in [5.74, 6) is 0. The summed E-state index contributed by atoms with van der Waals surface area (Å²) in [7, 11) is 0. The molecule has 1 unspecified atom stereocenters. The second-order valence-corrected chi connectivity index (χ2v) is 7.21. The first kappa shape index (κ1) is 17.5. The fraction of sp³-hybridized carbons (Fsp3) is 0.471. The van der Waals surface area contributed by atoms with Crippen LogP contribution >= 0.6 is 22.9 Å². The average Bonchev–Trinajstić information content (AvgIpc) is 2.99. The Labute approximate surface area is 151 Å². The molecule has 130 valence electrons. The zero-order chi connectivity index (χ0) is 16.9. The number of hydrogen-bond acceptors (Lipinski definition) is 6. The fourth-order valence-electron chi connectivity index (χ4n) is 2.81. The maximum absolute atomic E-state index is 10.2. The van der Waals surface area contributed by atoms with Gasteiger partial charge in [0, 0.05) is 43.4 Å². The summed E-state index contributed by atoms with van der Waals surface area (Å²) in [4.78, 5) is 8.74. The number of aliphatic hydroxyl groups is 1. The van der Waals surface area contributed by atoms with Crippen LogP contribution in [0.2, 0.25) is 5.02 Å². The van der Waals surface area contributed by atoms with E-state index >= 15 is 0 Å². The minimum absolute atomic E-state index is 0.303. The van der Waals surface area contributed by atoms with Gasteiger partial charge in [-0.15, -0.1) is 0 Å². The van der Waals surface area contributed by atoms with E-state index in [-0.39, 0.29) is 0 Å². The number of rotatable bonds is 6. The molecule has 2 heterocycles. The SMILES string of the molecule is Cc1ncsc1OCC(O)CN1CCN(c2cccc(Cl)c2)CC1. The lowest BCUT2D eigenvalue weighted by atomic mass is 10.2. The summed E-state index contributed by atoms with van der Waals surface area (Å²) in [6.07, 6.45) is -0.496. The average molecular weight is 368 g/mol. The molecule has 1 fully saturated rings. The first-order chi connectivity index (χ1) is 11.6. The Balaban J connectivity index is 1.42. The Kier molecular flexibility index (Phi) is 5.94. The van der Waals surface area contributed by atoms with E-state index in [0.29, 0.717) is 13.2 Å². The molecular weight excluding hydrogens is 346 g/mol. The van der Waals surface area contributed by atoms with Gasteiger partial charge in [-0.05, 0) is 25.1 Å². The second-order valence-electron chi connectivity index (χ2n) is 5.96. The van der Waals surface area contributed by atoms with Crippen molar-refractivity contribution in [2.24, 2.45) is 0 Å². The lowest BCUT2D eigenvalue weighted by Gasteiger charge is -2.36. The van der Waals surface area contributed by atoms with Crippen LogP contribution in [0.15, 0.2) is 29.8 Å². The number of hydrogen-bond donors (Lipinski definition) is 1. The number of thiazole rings is 1. The van der Waals surface area contributed by atoms with Crippen molar-refractivity contribution < 1.29 is 9.84 Å². The smallest absolute Gasteiger partial charge is 0.197 e. The highest BCUT2D eigenvalue weighted by Crippen LogP contribution is 2.22. The van der Waals surface area contributed by atoms with Crippen molar-refractivity contribution in [2.75, 3.05) is 44.2 Å². The molecule has 2 aromatic rings. The topological polar surface area (TPSA) is 48.8 Å². The Bertz CT molecular complexity index is 659. The number of aryl methyl sites for hydroxylation is 1. The van der Waals surface area contributed by atoms with Gasteiger partial charge in [-0.1, -0.05) is 29.0 Å². The number of piperazine rings is 1. The van der Waals surface area contributed by atoms with Crippen LogP contribution in [-0.2, 0) is 0 Å². The van der Waals surface area contributed by atoms with Gasteiger partial charge in [-0.2, -0.15) is 0 Å². The van der Waals surface area contributed by atoms with Gasteiger partial charge < -0.3 is 14.7 Å². The second kappa shape index (κ2) is 8.16. The summed E-state index contributed by atoms with van der Waals surface area (Å²) in [5, 5.41) is 11.8. The van der Waals surface area contributed by atoms with Crippen LogP contribution < -0.4 is 9.64 Å². The highest BCUT2D eigenvalue weighted by atomic mass is 35.5. The van der Waals surface area contributed by atoms with Crippen LogP contribution in [0.1, 0.15) is 5.69 Å². The molecule has 0 saturated carbocycles. The van der Waals surface area contributed by atoms with Crippen molar-refractivity contribution >= 4 is 28.6 Å². The summed E-state index contributed by atoms with van der Waals surface area (Å²) < 4.78 is 5.64. The number of anilines is 1. The van der Waals surface area contributed by atoms with Gasteiger partial charge in [0.2, 0.25) is 0 Å². The molecular formula is C17H22ClN3O2S. The van der Waals surface area contributed by atoms with Gasteiger partial charge in [0.1, 0.15) is 12.7 Å². The van der Waals surface area contributed by atoms with Gasteiger partial charge in [-0.3, -0.25) is 4.90 Å². The Hall–Kier alpha value is -1.34. The first-order valence-electron chi connectivity index (χ1n) is 8.05. The zero-order valence-corrected chi connectivity index (χ0v) is 15.3. The number of halogens is 1. The lowest BCUT2D eigenvalue weighted by Crippen LogP contribution is -2.49. The van der Waals surface area contributed by atoms with E-state index in [1.165, 1.54) is 11.3 Å². The largest absolute Gasteiger partial charge is 0.480 e. The van der Waals surface area contributed by atoms with E-state index in [4.69, 9.17) is 16.3 Å². The normalized spacial score (nSPS) is 17.0. The van der Waals surface area contributed by atoms with E-state index in [9.17, 15) is 5.11 Å². The van der Waals surface area contributed by atoms with Crippen molar-refractivity contribution in [2.45, 2.75) is 13.0 Å². The molecule has 0 spiro atoms. The Morgan fingerprint density at radius 1 is 1.33 bits per heavy atom. The Morgan fingerprint density at radius 2 is 2.12 bits per heavy atom. The van der Waals surface area contributed by atoms with Gasteiger partial charge >= 0.3 is 0 Å². The van der Waals surface area contributed by atoms with Gasteiger partial charge in [0.25, 0.3) is 0 Å². The maximum atomic E-state index is 10.2. The third kappa shape index (κ3) is 4.60.